The van der Waals surface area contributed by atoms with Gasteiger partial charge in [0.2, 0.25) is 11.1 Å². The van der Waals surface area contributed by atoms with E-state index >= 15 is 0 Å². The number of rotatable bonds is 8. The van der Waals surface area contributed by atoms with E-state index in [-0.39, 0.29) is 11.2 Å². The summed E-state index contributed by atoms with van der Waals surface area (Å²) in [6.45, 7) is 3.15. The summed E-state index contributed by atoms with van der Waals surface area (Å²) in [5.41, 5.74) is 2.34. The minimum atomic E-state index is -0.304. The van der Waals surface area contributed by atoms with Crippen LogP contribution in [0, 0.1) is 0 Å². The van der Waals surface area contributed by atoms with Crippen LogP contribution in [0.1, 0.15) is 18.1 Å². The molecule has 0 bridgehead atoms. The molecule has 4 rings (SSSR count). The van der Waals surface area contributed by atoms with Gasteiger partial charge in [-0.2, -0.15) is 4.98 Å². The van der Waals surface area contributed by atoms with Crippen LogP contribution in [0.2, 0.25) is 0 Å². The van der Waals surface area contributed by atoms with Crippen LogP contribution in [0.4, 0.5) is 0 Å². The maximum absolute atomic E-state index is 13.3. The van der Waals surface area contributed by atoms with Crippen molar-refractivity contribution in [2.45, 2.75) is 30.3 Å². The van der Waals surface area contributed by atoms with Gasteiger partial charge in [-0.05, 0) is 30.5 Å². The van der Waals surface area contributed by atoms with E-state index in [1.807, 2.05) is 48.2 Å². The summed E-state index contributed by atoms with van der Waals surface area (Å²) in [6.07, 6.45) is 4.29. The van der Waals surface area contributed by atoms with Crippen molar-refractivity contribution < 1.29 is 4.79 Å². The third-order valence-corrected chi connectivity index (χ3v) is 5.71. The molecular formula is C23H23N5OS. The van der Waals surface area contributed by atoms with Crippen LogP contribution in [0.15, 0.2) is 84.3 Å². The van der Waals surface area contributed by atoms with Crippen LogP contribution >= 0.6 is 11.8 Å². The average Bonchev–Trinajstić information content (AvgIpc) is 3.19. The van der Waals surface area contributed by atoms with Gasteiger partial charge in [-0.25, -0.2) is 9.50 Å². The zero-order valence-corrected chi connectivity index (χ0v) is 17.6. The summed E-state index contributed by atoms with van der Waals surface area (Å²) in [7, 11) is 0. The molecule has 0 aliphatic carbocycles. The molecule has 4 aromatic rings. The minimum absolute atomic E-state index is 0.0756. The standard InChI is InChI=1S/C23H23N5OS/c1-18(30-23-25-22-24-14-8-15-28(22)26-23)21(29)27(17-20-11-6-3-7-12-20)16-13-19-9-4-2-5-10-19/h2-12,14-15,18H,13,16-17H2,1H3/t18-/m1/s1. The number of hydrogen-bond acceptors (Lipinski definition) is 5. The Hall–Kier alpha value is -3.19. The molecule has 0 N–H and O–H groups in total. The number of fused-ring (bicyclic) bond motifs is 1. The Balaban J connectivity index is 1.47. The molecule has 0 aliphatic heterocycles. The molecule has 152 valence electrons. The van der Waals surface area contributed by atoms with E-state index in [4.69, 9.17) is 0 Å². The molecule has 0 unspecified atom stereocenters. The third-order valence-electron chi connectivity index (χ3n) is 4.77. The van der Waals surface area contributed by atoms with Gasteiger partial charge in [-0.1, -0.05) is 72.4 Å². The highest BCUT2D eigenvalue weighted by Gasteiger charge is 2.23. The fraction of sp³-hybridized carbons (Fsp3) is 0.217. The molecule has 1 atom stereocenters. The highest BCUT2D eigenvalue weighted by molar-refractivity contribution is 8.00. The van der Waals surface area contributed by atoms with Gasteiger partial charge in [0.1, 0.15) is 0 Å². The zero-order valence-electron chi connectivity index (χ0n) is 16.8. The van der Waals surface area contributed by atoms with Crippen molar-refractivity contribution in [2.75, 3.05) is 6.54 Å². The fourth-order valence-corrected chi connectivity index (χ4v) is 4.04. The first-order valence-corrected chi connectivity index (χ1v) is 10.8. The topological polar surface area (TPSA) is 63.4 Å². The van der Waals surface area contributed by atoms with E-state index in [1.54, 1.807) is 23.0 Å². The highest BCUT2D eigenvalue weighted by Crippen LogP contribution is 2.22. The van der Waals surface area contributed by atoms with Gasteiger partial charge in [0.05, 0.1) is 5.25 Å². The Bertz CT molecular complexity index is 1070. The lowest BCUT2D eigenvalue weighted by Crippen LogP contribution is -2.37. The van der Waals surface area contributed by atoms with Crippen molar-refractivity contribution in [3.8, 4) is 0 Å². The van der Waals surface area contributed by atoms with E-state index in [0.29, 0.717) is 24.0 Å². The number of thioether (sulfide) groups is 1. The molecule has 2 aromatic heterocycles. The molecular weight excluding hydrogens is 394 g/mol. The normalized spacial score (nSPS) is 12.0. The first-order chi connectivity index (χ1) is 14.7. The van der Waals surface area contributed by atoms with Crippen molar-refractivity contribution in [1.82, 2.24) is 24.5 Å². The molecule has 0 radical (unpaired) electrons. The van der Waals surface area contributed by atoms with Gasteiger partial charge in [-0.15, -0.1) is 5.10 Å². The first kappa shape index (κ1) is 20.1. The van der Waals surface area contributed by atoms with Crippen molar-refractivity contribution in [3.63, 3.8) is 0 Å². The number of carbonyl (C=O) groups excluding carboxylic acids is 1. The number of nitrogens with zero attached hydrogens (tertiary/aromatic N) is 5. The second-order valence-corrected chi connectivity index (χ2v) is 8.31. The largest absolute Gasteiger partial charge is 0.337 e. The van der Waals surface area contributed by atoms with Crippen LogP contribution in [-0.2, 0) is 17.8 Å². The predicted molar refractivity (Wildman–Crippen MR) is 118 cm³/mol. The summed E-state index contributed by atoms with van der Waals surface area (Å²) in [4.78, 5) is 23.8. The molecule has 1 amide bonds. The van der Waals surface area contributed by atoms with Crippen molar-refractivity contribution in [2.24, 2.45) is 0 Å². The average molecular weight is 418 g/mol. The van der Waals surface area contributed by atoms with Gasteiger partial charge in [0.15, 0.2) is 0 Å². The Morgan fingerprint density at radius 1 is 1.03 bits per heavy atom. The molecule has 30 heavy (non-hydrogen) atoms. The van der Waals surface area contributed by atoms with Gasteiger partial charge in [0, 0.05) is 25.5 Å². The van der Waals surface area contributed by atoms with Crippen molar-refractivity contribution in [3.05, 3.63) is 90.3 Å². The van der Waals surface area contributed by atoms with Crippen molar-refractivity contribution in [1.29, 1.82) is 0 Å². The zero-order chi connectivity index (χ0) is 20.8. The van der Waals surface area contributed by atoms with Crippen LogP contribution in [0.25, 0.3) is 5.78 Å². The number of aromatic nitrogens is 4. The summed E-state index contributed by atoms with van der Waals surface area (Å²) in [5, 5.41) is 4.66. The molecule has 6 nitrogen and oxygen atoms in total. The second kappa shape index (κ2) is 9.54. The lowest BCUT2D eigenvalue weighted by atomic mass is 10.1. The van der Waals surface area contributed by atoms with Gasteiger partial charge >= 0.3 is 0 Å². The number of benzene rings is 2. The molecule has 0 aliphatic rings. The Kier molecular flexibility index (Phi) is 6.39. The molecule has 2 aromatic carbocycles. The smallest absolute Gasteiger partial charge is 0.253 e. The molecule has 0 saturated heterocycles. The number of carbonyl (C=O) groups is 1. The monoisotopic (exact) mass is 417 g/mol. The lowest BCUT2D eigenvalue weighted by molar-refractivity contribution is -0.130. The van der Waals surface area contributed by atoms with E-state index in [2.05, 4.69) is 39.3 Å². The quantitative estimate of drug-likeness (QED) is 0.407. The maximum Gasteiger partial charge on any atom is 0.253 e. The molecule has 0 fully saturated rings. The Labute approximate surface area is 180 Å². The second-order valence-electron chi connectivity index (χ2n) is 7.00. The first-order valence-electron chi connectivity index (χ1n) is 9.90. The summed E-state index contributed by atoms with van der Waals surface area (Å²) in [6, 6.07) is 22.1. The molecule has 2 heterocycles. The van der Waals surface area contributed by atoms with Crippen LogP contribution < -0.4 is 0 Å². The van der Waals surface area contributed by atoms with Crippen molar-refractivity contribution >= 4 is 23.4 Å². The van der Waals surface area contributed by atoms with E-state index in [1.165, 1.54) is 17.3 Å². The molecule has 0 spiro atoms. The van der Waals surface area contributed by atoms with Crippen LogP contribution in [0.5, 0.6) is 0 Å². The molecule has 7 heteroatoms. The summed E-state index contributed by atoms with van der Waals surface area (Å²) >= 11 is 1.36. The van der Waals surface area contributed by atoms with Crippen LogP contribution in [0.3, 0.4) is 0 Å². The minimum Gasteiger partial charge on any atom is -0.337 e. The number of amides is 1. The van der Waals surface area contributed by atoms with Crippen LogP contribution in [-0.4, -0.2) is 42.2 Å². The fourth-order valence-electron chi connectivity index (χ4n) is 3.21. The highest BCUT2D eigenvalue weighted by atomic mass is 32.2. The van der Waals surface area contributed by atoms with E-state index in [9.17, 15) is 4.79 Å². The third kappa shape index (κ3) is 5.04. The summed E-state index contributed by atoms with van der Waals surface area (Å²) < 4.78 is 1.62. The van der Waals surface area contributed by atoms with Gasteiger partial charge in [0.25, 0.3) is 5.78 Å². The summed E-state index contributed by atoms with van der Waals surface area (Å²) in [5.74, 6) is 0.608. The van der Waals surface area contributed by atoms with Gasteiger partial charge in [-0.3, -0.25) is 4.79 Å². The lowest BCUT2D eigenvalue weighted by Gasteiger charge is -2.25. The number of hydrogen-bond donors (Lipinski definition) is 0. The Morgan fingerprint density at radius 2 is 1.73 bits per heavy atom. The SMILES string of the molecule is C[C@@H](Sc1nc2ncccn2n1)C(=O)N(CCc1ccccc1)Cc1ccccc1. The maximum atomic E-state index is 13.3. The van der Waals surface area contributed by atoms with E-state index in [0.717, 1.165) is 12.0 Å². The molecule has 0 saturated carbocycles. The predicted octanol–water partition coefficient (Wildman–Crippen LogP) is 3.88. The van der Waals surface area contributed by atoms with Gasteiger partial charge < -0.3 is 4.90 Å². The van der Waals surface area contributed by atoms with E-state index < -0.39 is 0 Å². The Morgan fingerprint density at radius 3 is 2.43 bits per heavy atom.